The lowest BCUT2D eigenvalue weighted by molar-refractivity contribution is -0.139. The number of carbonyl (C=O) groups excluding carboxylic acids is 1. The molecular formula is C22H32BF2NO2. The van der Waals surface area contributed by atoms with Gasteiger partial charge in [-0.2, -0.15) is 0 Å². The predicted octanol–water partition coefficient (Wildman–Crippen LogP) is 4.82. The van der Waals surface area contributed by atoms with E-state index in [2.05, 4.69) is 16.5 Å². The number of unbranched alkanes of at least 4 members (excludes halogenated alkanes) is 2. The molecule has 28 heavy (non-hydrogen) atoms. The summed E-state index contributed by atoms with van der Waals surface area (Å²) in [6, 6.07) is 4.23. The van der Waals surface area contributed by atoms with Gasteiger partial charge in [0.25, 0.3) is 5.97 Å². The van der Waals surface area contributed by atoms with Crippen LogP contribution in [0.2, 0.25) is 0 Å². The van der Waals surface area contributed by atoms with Crippen molar-refractivity contribution in [3.05, 3.63) is 35.4 Å². The second-order valence-corrected chi connectivity index (χ2v) is 8.01. The third-order valence-corrected chi connectivity index (χ3v) is 5.85. The number of nitrogens with zero attached hydrogens (tertiary/aromatic N) is 1. The molecular weight excluding hydrogens is 359 g/mol. The monoisotopic (exact) mass is 391 g/mol. The molecule has 0 bridgehead atoms. The molecule has 0 aliphatic carbocycles. The maximum absolute atomic E-state index is 13.3. The molecule has 0 aromatic heterocycles. The topological polar surface area (TPSA) is 29.5 Å². The van der Waals surface area contributed by atoms with Crippen LogP contribution in [0, 0.1) is 23.5 Å². The van der Waals surface area contributed by atoms with Gasteiger partial charge in [0.15, 0.2) is 11.6 Å². The molecule has 3 nitrogen and oxygen atoms in total. The van der Waals surface area contributed by atoms with Crippen molar-refractivity contribution in [3.8, 4) is 0 Å². The lowest BCUT2D eigenvalue weighted by Gasteiger charge is -2.32. The van der Waals surface area contributed by atoms with Crippen LogP contribution in [0.1, 0.15) is 63.9 Å². The van der Waals surface area contributed by atoms with E-state index in [9.17, 15) is 13.6 Å². The molecule has 1 fully saturated rings. The average Bonchev–Trinajstić information content (AvgIpc) is 2.71. The van der Waals surface area contributed by atoms with Crippen molar-refractivity contribution in [1.29, 1.82) is 0 Å². The van der Waals surface area contributed by atoms with Crippen LogP contribution in [-0.4, -0.2) is 38.6 Å². The van der Waals surface area contributed by atoms with Crippen molar-refractivity contribution in [1.82, 2.24) is 4.90 Å². The van der Waals surface area contributed by atoms with Gasteiger partial charge >= 0.3 is 8.05 Å². The first-order valence-corrected chi connectivity index (χ1v) is 10.6. The van der Waals surface area contributed by atoms with E-state index in [0.717, 1.165) is 83.0 Å². The van der Waals surface area contributed by atoms with Crippen molar-refractivity contribution in [2.75, 3.05) is 19.6 Å². The highest BCUT2D eigenvalue weighted by atomic mass is 19.2. The van der Waals surface area contributed by atoms with Crippen molar-refractivity contribution in [2.24, 2.45) is 11.8 Å². The molecule has 1 aromatic rings. The highest BCUT2D eigenvalue weighted by Gasteiger charge is 2.21. The van der Waals surface area contributed by atoms with Gasteiger partial charge in [-0.3, -0.25) is 4.79 Å². The highest BCUT2D eigenvalue weighted by molar-refractivity contribution is 6.05. The smallest absolute Gasteiger partial charge is 0.378 e. The average molecular weight is 391 g/mol. The molecule has 2 rings (SSSR count). The van der Waals surface area contributed by atoms with Gasteiger partial charge in [-0.1, -0.05) is 32.3 Å². The Hall–Kier alpha value is -1.43. The molecule has 1 unspecified atom stereocenters. The molecule has 0 saturated carbocycles. The van der Waals surface area contributed by atoms with Crippen molar-refractivity contribution >= 4 is 14.0 Å². The Balaban J connectivity index is 1.64. The van der Waals surface area contributed by atoms with Crippen molar-refractivity contribution < 1.29 is 18.2 Å². The Morgan fingerprint density at radius 2 is 1.89 bits per heavy atom. The Morgan fingerprint density at radius 1 is 1.18 bits per heavy atom. The Bertz CT molecular complexity index is 606. The van der Waals surface area contributed by atoms with E-state index in [0.29, 0.717) is 5.92 Å². The first-order valence-electron chi connectivity index (χ1n) is 10.6. The van der Waals surface area contributed by atoms with E-state index in [1.165, 1.54) is 12.1 Å². The van der Waals surface area contributed by atoms with Crippen LogP contribution >= 0.6 is 0 Å². The highest BCUT2D eigenvalue weighted by Crippen LogP contribution is 2.23. The summed E-state index contributed by atoms with van der Waals surface area (Å²) in [6.07, 6.45) is 8.80. The minimum absolute atomic E-state index is 0.0770. The van der Waals surface area contributed by atoms with Crippen LogP contribution in [0.4, 0.5) is 8.78 Å². The number of piperidine rings is 1. The van der Waals surface area contributed by atoms with Gasteiger partial charge < -0.3 is 9.55 Å². The van der Waals surface area contributed by atoms with Gasteiger partial charge in [-0.15, -0.1) is 0 Å². The zero-order valence-electron chi connectivity index (χ0n) is 17.0. The molecule has 1 aliphatic rings. The van der Waals surface area contributed by atoms with E-state index < -0.39 is 11.6 Å². The summed E-state index contributed by atoms with van der Waals surface area (Å²) in [5, 5.41) is 0. The van der Waals surface area contributed by atoms with Gasteiger partial charge in [0, 0.05) is 0 Å². The fourth-order valence-corrected chi connectivity index (χ4v) is 4.07. The normalized spacial score (nSPS) is 16.8. The molecule has 154 valence electrons. The van der Waals surface area contributed by atoms with Crippen LogP contribution in [0.3, 0.4) is 0 Å². The van der Waals surface area contributed by atoms with Crippen LogP contribution in [0.5, 0.6) is 0 Å². The summed E-state index contributed by atoms with van der Waals surface area (Å²) in [5.74, 6) is -1.38. The van der Waals surface area contributed by atoms with Gasteiger partial charge in [-0.25, -0.2) is 8.78 Å². The Kier molecular flexibility index (Phi) is 9.96. The first kappa shape index (κ1) is 22.9. The van der Waals surface area contributed by atoms with Gasteiger partial charge in [0.2, 0.25) is 0 Å². The van der Waals surface area contributed by atoms with Gasteiger partial charge in [-0.05, 0) is 81.8 Å². The number of likely N-dealkylation sites (tertiary alicyclic amines) is 1. The Labute approximate surface area is 169 Å². The number of carbonyl (C=O) groups is 1. The third-order valence-electron chi connectivity index (χ3n) is 5.85. The number of benzene rings is 1. The summed E-state index contributed by atoms with van der Waals surface area (Å²) in [6.45, 7) is 5.23. The molecule has 0 N–H and O–H groups in total. The minimum Gasteiger partial charge on any atom is -0.543 e. The maximum atomic E-state index is 13.3. The predicted molar refractivity (Wildman–Crippen MR) is 108 cm³/mol. The fraction of sp³-hybridized carbons (Fsp3) is 0.682. The molecule has 1 heterocycles. The number of rotatable bonds is 11. The van der Waals surface area contributed by atoms with E-state index in [-0.39, 0.29) is 11.9 Å². The zero-order valence-corrected chi connectivity index (χ0v) is 17.0. The number of halogens is 2. The van der Waals surface area contributed by atoms with Gasteiger partial charge in [0.05, 0.1) is 5.92 Å². The quantitative estimate of drug-likeness (QED) is 0.400. The summed E-state index contributed by atoms with van der Waals surface area (Å²) >= 11 is 0. The summed E-state index contributed by atoms with van der Waals surface area (Å²) in [7, 11) is 5.05. The van der Waals surface area contributed by atoms with Crippen LogP contribution in [0.25, 0.3) is 0 Å². The summed E-state index contributed by atoms with van der Waals surface area (Å²) < 4.78 is 30.8. The van der Waals surface area contributed by atoms with Crippen LogP contribution in [0.15, 0.2) is 18.2 Å². The third kappa shape index (κ3) is 7.54. The van der Waals surface area contributed by atoms with Crippen LogP contribution < -0.4 is 0 Å². The summed E-state index contributed by atoms with van der Waals surface area (Å²) in [5.41, 5.74) is 0.877. The second kappa shape index (κ2) is 12.2. The first-order chi connectivity index (χ1) is 13.5. The van der Waals surface area contributed by atoms with Crippen molar-refractivity contribution in [3.63, 3.8) is 0 Å². The lowest BCUT2D eigenvalue weighted by Crippen LogP contribution is -2.35. The molecule has 0 amide bonds. The van der Waals surface area contributed by atoms with E-state index in [4.69, 9.17) is 8.05 Å². The molecule has 0 spiro atoms. The number of hydrogen-bond acceptors (Lipinski definition) is 3. The standard InChI is InChI=1S/C22H32BF2NO2/c1-2-3-6-19(22(27)28-23)7-4-5-12-26-13-10-17(11-14-26)15-18-8-9-20(24)21(25)16-18/h8-9,16-17,19H,2-7,10-15H2,1H3. The van der Waals surface area contributed by atoms with E-state index in [1.54, 1.807) is 6.07 Å². The minimum atomic E-state index is -0.782. The van der Waals surface area contributed by atoms with E-state index >= 15 is 0 Å². The molecule has 6 heteroatoms. The molecule has 1 saturated heterocycles. The Morgan fingerprint density at radius 3 is 2.54 bits per heavy atom. The fourth-order valence-electron chi connectivity index (χ4n) is 4.07. The van der Waals surface area contributed by atoms with Crippen molar-refractivity contribution in [2.45, 2.75) is 64.7 Å². The molecule has 1 atom stereocenters. The lowest BCUT2D eigenvalue weighted by atomic mass is 9.90. The second-order valence-electron chi connectivity index (χ2n) is 8.01. The SMILES string of the molecule is [B]OC(=O)C(CCCC)CCCCN1CCC(Cc2ccc(F)c(F)c2)CC1. The van der Waals surface area contributed by atoms with Crippen LogP contribution in [-0.2, 0) is 15.9 Å². The van der Waals surface area contributed by atoms with Gasteiger partial charge in [0.1, 0.15) is 0 Å². The molecule has 1 aromatic carbocycles. The zero-order chi connectivity index (χ0) is 20.4. The summed E-state index contributed by atoms with van der Waals surface area (Å²) in [4.78, 5) is 14.2. The molecule has 1 aliphatic heterocycles. The molecule has 2 radical (unpaired) electrons. The largest absolute Gasteiger partial charge is 0.543 e. The van der Waals surface area contributed by atoms with E-state index in [1.807, 2.05) is 0 Å². The maximum Gasteiger partial charge on any atom is 0.378 e. The number of hydrogen-bond donors (Lipinski definition) is 0.